The van der Waals surface area contributed by atoms with Gasteiger partial charge in [-0.15, -0.1) is 0 Å². The van der Waals surface area contributed by atoms with Crippen molar-refractivity contribution in [2.75, 3.05) is 0 Å². The first kappa shape index (κ1) is 20.4. The van der Waals surface area contributed by atoms with E-state index in [9.17, 15) is 13.2 Å². The topological polar surface area (TPSA) is 114 Å². The molecule has 2 atom stereocenters. The lowest BCUT2D eigenvalue weighted by Gasteiger charge is -2.34. The van der Waals surface area contributed by atoms with Gasteiger partial charge in [-0.25, -0.2) is 18.4 Å². The van der Waals surface area contributed by atoms with Crippen LogP contribution < -0.4 is 15.8 Å². The molecule has 2 aromatic rings. The van der Waals surface area contributed by atoms with Crippen LogP contribution in [0.2, 0.25) is 0 Å². The minimum Gasteiger partial charge on any atom is -0.466 e. The maximum Gasteiger partial charge on any atom is 0.315 e. The molecule has 0 saturated carbocycles. The zero-order valence-electron chi connectivity index (χ0n) is 16.6. The second kappa shape index (κ2) is 7.25. The van der Waals surface area contributed by atoms with Crippen LogP contribution >= 0.6 is 0 Å². The third kappa shape index (κ3) is 4.56. The summed E-state index contributed by atoms with van der Waals surface area (Å²) in [5, 5.41) is 11.1. The van der Waals surface area contributed by atoms with Gasteiger partial charge in [-0.05, 0) is 49.4 Å². The van der Waals surface area contributed by atoms with Gasteiger partial charge in [-0.1, -0.05) is 26.0 Å². The molecule has 0 spiro atoms. The van der Waals surface area contributed by atoms with Crippen LogP contribution in [0.4, 0.5) is 4.79 Å². The third-order valence-electron chi connectivity index (χ3n) is 5.08. The van der Waals surface area contributed by atoms with Gasteiger partial charge in [0.15, 0.2) is 0 Å². The molecule has 1 aromatic carbocycles. The Bertz CT molecular complexity index is 995. The fraction of sp³-hybridized carbons (Fsp3) is 0.450. The highest BCUT2D eigenvalue weighted by Crippen LogP contribution is 2.42. The smallest absolute Gasteiger partial charge is 0.315 e. The van der Waals surface area contributed by atoms with Gasteiger partial charge >= 0.3 is 6.03 Å². The molecule has 0 radical (unpaired) electrons. The van der Waals surface area contributed by atoms with E-state index in [-0.39, 0.29) is 28.4 Å². The van der Waals surface area contributed by atoms with Crippen molar-refractivity contribution in [3.05, 3.63) is 53.0 Å². The number of hydrogen-bond donors (Lipinski definition) is 3. The summed E-state index contributed by atoms with van der Waals surface area (Å²) in [5.41, 5.74) is 1.70. The molecule has 8 heteroatoms. The van der Waals surface area contributed by atoms with Crippen molar-refractivity contribution in [2.24, 2.45) is 10.6 Å². The van der Waals surface area contributed by atoms with Crippen molar-refractivity contribution in [1.82, 2.24) is 10.6 Å². The number of carbonyl (C=O) groups excluding carboxylic acids is 1. The standard InChI is InChI=1S/C20H27N3O4S/c1-12-8-16-17(10-20(3,4)11-18(16)27-12)23-19(24)22-13(2)14-6-5-7-15(9-14)28(21,25)26/h5-9,13,17H,10-11H2,1-4H3,(H2,21,25,26)(H2,22,23,24)/t13-,17-/m1/s1. The van der Waals surface area contributed by atoms with Gasteiger partial charge in [0.2, 0.25) is 10.0 Å². The van der Waals surface area contributed by atoms with Gasteiger partial charge in [0, 0.05) is 12.0 Å². The Morgan fingerprint density at radius 1 is 1.32 bits per heavy atom. The van der Waals surface area contributed by atoms with E-state index in [4.69, 9.17) is 9.56 Å². The predicted molar refractivity (Wildman–Crippen MR) is 106 cm³/mol. The van der Waals surface area contributed by atoms with E-state index < -0.39 is 10.0 Å². The van der Waals surface area contributed by atoms with Gasteiger partial charge in [-0.3, -0.25) is 0 Å². The zero-order valence-corrected chi connectivity index (χ0v) is 17.4. The number of rotatable bonds is 4. The Morgan fingerprint density at radius 2 is 2.04 bits per heavy atom. The molecule has 1 aliphatic carbocycles. The number of benzene rings is 1. The Morgan fingerprint density at radius 3 is 2.71 bits per heavy atom. The van der Waals surface area contributed by atoms with Crippen molar-refractivity contribution < 1.29 is 17.6 Å². The number of nitrogens with one attached hydrogen (secondary N) is 2. The summed E-state index contributed by atoms with van der Waals surface area (Å²) < 4.78 is 28.9. The van der Waals surface area contributed by atoms with Gasteiger partial charge in [-0.2, -0.15) is 0 Å². The van der Waals surface area contributed by atoms with Crippen molar-refractivity contribution in [2.45, 2.75) is 57.5 Å². The van der Waals surface area contributed by atoms with Crippen LogP contribution in [-0.4, -0.2) is 14.4 Å². The van der Waals surface area contributed by atoms with Crippen LogP contribution in [-0.2, 0) is 16.4 Å². The van der Waals surface area contributed by atoms with Crippen LogP contribution in [0.5, 0.6) is 0 Å². The highest BCUT2D eigenvalue weighted by molar-refractivity contribution is 7.89. The molecule has 1 heterocycles. The SMILES string of the molecule is Cc1cc2c(o1)CC(C)(C)C[C@H]2NC(=O)N[C@H](C)c1cccc(S(N)(=O)=O)c1. The number of furan rings is 1. The highest BCUT2D eigenvalue weighted by atomic mass is 32.2. The average Bonchev–Trinajstić information content (AvgIpc) is 2.93. The van der Waals surface area contributed by atoms with Crippen molar-refractivity contribution in [3.63, 3.8) is 0 Å². The molecule has 1 aliphatic rings. The normalized spacial score (nSPS) is 19.5. The summed E-state index contributed by atoms with van der Waals surface area (Å²) in [7, 11) is -3.79. The second-order valence-corrected chi connectivity index (χ2v) is 9.85. The molecule has 0 fully saturated rings. The molecule has 4 N–H and O–H groups in total. The minimum atomic E-state index is -3.79. The molecule has 7 nitrogen and oxygen atoms in total. The maximum absolute atomic E-state index is 12.6. The summed E-state index contributed by atoms with van der Waals surface area (Å²) in [6.07, 6.45) is 1.65. The summed E-state index contributed by atoms with van der Waals surface area (Å²) in [5.74, 6) is 1.76. The second-order valence-electron chi connectivity index (χ2n) is 8.29. The van der Waals surface area contributed by atoms with Gasteiger partial charge < -0.3 is 15.1 Å². The molecule has 3 rings (SSSR count). The molecule has 0 aliphatic heterocycles. The predicted octanol–water partition coefficient (Wildman–Crippen LogP) is 3.31. The Kier molecular flexibility index (Phi) is 5.29. The van der Waals surface area contributed by atoms with E-state index in [0.717, 1.165) is 29.9 Å². The summed E-state index contributed by atoms with van der Waals surface area (Å²) in [6.45, 7) is 8.01. The van der Waals surface area contributed by atoms with Crippen LogP contribution in [0.15, 0.2) is 39.6 Å². The number of amides is 2. The minimum absolute atomic E-state index is 0.0185. The van der Waals surface area contributed by atoms with E-state index in [1.807, 2.05) is 13.0 Å². The van der Waals surface area contributed by atoms with Crippen LogP contribution in [0.1, 0.15) is 61.9 Å². The van der Waals surface area contributed by atoms with Gasteiger partial charge in [0.05, 0.1) is 17.0 Å². The molecule has 0 saturated heterocycles. The van der Waals surface area contributed by atoms with Crippen LogP contribution in [0.3, 0.4) is 0 Å². The number of fused-ring (bicyclic) bond motifs is 1. The largest absolute Gasteiger partial charge is 0.466 e. The summed E-state index contributed by atoms with van der Waals surface area (Å²) in [6, 6.07) is 7.40. The van der Waals surface area contributed by atoms with E-state index >= 15 is 0 Å². The fourth-order valence-electron chi connectivity index (χ4n) is 3.75. The molecule has 0 unspecified atom stereocenters. The molecule has 0 bridgehead atoms. The van der Waals surface area contributed by atoms with Gasteiger partial charge in [0.25, 0.3) is 0 Å². The fourth-order valence-corrected chi connectivity index (χ4v) is 4.32. The number of aryl methyl sites for hydroxylation is 1. The average molecular weight is 406 g/mol. The van der Waals surface area contributed by atoms with Crippen LogP contribution in [0.25, 0.3) is 0 Å². The Labute approximate surface area is 165 Å². The molecular formula is C20H27N3O4S. The van der Waals surface area contributed by atoms with Crippen molar-refractivity contribution >= 4 is 16.1 Å². The lowest BCUT2D eigenvalue weighted by atomic mass is 9.75. The lowest BCUT2D eigenvalue weighted by molar-refractivity contribution is 0.212. The summed E-state index contributed by atoms with van der Waals surface area (Å²) >= 11 is 0. The number of sulfonamides is 1. The molecule has 152 valence electrons. The zero-order chi connectivity index (χ0) is 20.7. The van der Waals surface area contributed by atoms with E-state index in [1.54, 1.807) is 19.1 Å². The molecule has 1 aromatic heterocycles. The summed E-state index contributed by atoms with van der Waals surface area (Å²) in [4.78, 5) is 12.6. The van der Waals surface area contributed by atoms with E-state index in [0.29, 0.717) is 5.56 Å². The van der Waals surface area contributed by atoms with Crippen molar-refractivity contribution in [3.8, 4) is 0 Å². The number of hydrogen-bond acceptors (Lipinski definition) is 4. The monoisotopic (exact) mass is 405 g/mol. The Hall–Kier alpha value is -2.32. The Balaban J connectivity index is 1.72. The van der Waals surface area contributed by atoms with E-state index in [2.05, 4.69) is 24.5 Å². The molecule has 2 amide bonds. The number of carbonyl (C=O) groups is 1. The molecule has 28 heavy (non-hydrogen) atoms. The number of primary sulfonamides is 1. The van der Waals surface area contributed by atoms with Crippen LogP contribution in [0, 0.1) is 12.3 Å². The lowest BCUT2D eigenvalue weighted by Crippen LogP contribution is -2.42. The molecular weight excluding hydrogens is 378 g/mol. The number of urea groups is 1. The third-order valence-corrected chi connectivity index (χ3v) is 5.99. The quantitative estimate of drug-likeness (QED) is 0.724. The maximum atomic E-state index is 12.6. The first-order chi connectivity index (χ1) is 12.9. The van der Waals surface area contributed by atoms with Gasteiger partial charge in [0.1, 0.15) is 11.5 Å². The highest BCUT2D eigenvalue weighted by Gasteiger charge is 2.35. The van der Waals surface area contributed by atoms with Crippen molar-refractivity contribution in [1.29, 1.82) is 0 Å². The number of nitrogens with two attached hydrogens (primary N) is 1. The first-order valence-corrected chi connectivity index (χ1v) is 10.8. The first-order valence-electron chi connectivity index (χ1n) is 9.24. The van der Waals surface area contributed by atoms with E-state index in [1.165, 1.54) is 12.1 Å².